The maximum atomic E-state index is 8.67. The van der Waals surface area contributed by atoms with Crippen molar-refractivity contribution in [1.29, 1.82) is 0 Å². The van der Waals surface area contributed by atoms with E-state index in [2.05, 4.69) is 25.8 Å². The van der Waals surface area contributed by atoms with Gasteiger partial charge >= 0.3 is 0 Å². The number of nitrogens with zero attached hydrogens (tertiary/aromatic N) is 1. The third-order valence-corrected chi connectivity index (χ3v) is 2.39. The van der Waals surface area contributed by atoms with Gasteiger partial charge in [-0.25, -0.2) is 0 Å². The monoisotopic (exact) mass is 173 g/mol. The fourth-order valence-electron chi connectivity index (χ4n) is 1.57. The number of aliphatic hydroxyl groups excluding tert-OH is 1. The molecule has 0 aliphatic heterocycles. The molecule has 0 saturated heterocycles. The minimum atomic E-state index is 0.312. The van der Waals surface area contributed by atoms with E-state index >= 15 is 0 Å². The topological polar surface area (TPSA) is 23.5 Å². The van der Waals surface area contributed by atoms with Crippen molar-refractivity contribution in [2.45, 2.75) is 45.6 Å². The van der Waals surface area contributed by atoms with Crippen LogP contribution in [0.15, 0.2) is 0 Å². The van der Waals surface area contributed by atoms with Crippen molar-refractivity contribution < 1.29 is 5.11 Å². The van der Waals surface area contributed by atoms with Crippen LogP contribution in [0.4, 0.5) is 0 Å². The lowest BCUT2D eigenvalue weighted by Gasteiger charge is -2.26. The van der Waals surface area contributed by atoms with E-state index in [-0.39, 0.29) is 0 Å². The summed E-state index contributed by atoms with van der Waals surface area (Å²) < 4.78 is 0. The molecule has 0 aliphatic carbocycles. The maximum absolute atomic E-state index is 8.67. The highest BCUT2D eigenvalue weighted by Gasteiger charge is 2.09. The van der Waals surface area contributed by atoms with Gasteiger partial charge in [0.25, 0.3) is 0 Å². The summed E-state index contributed by atoms with van der Waals surface area (Å²) in [6.07, 6.45) is 4.65. The molecular formula is C10H23NO. The minimum absolute atomic E-state index is 0.312. The first-order valence-corrected chi connectivity index (χ1v) is 5.07. The van der Waals surface area contributed by atoms with E-state index in [1.54, 1.807) is 0 Å². The van der Waals surface area contributed by atoms with Crippen molar-refractivity contribution in [1.82, 2.24) is 4.90 Å². The van der Waals surface area contributed by atoms with E-state index in [1.165, 1.54) is 19.3 Å². The Morgan fingerprint density at radius 1 is 1.33 bits per heavy atom. The molecule has 0 aromatic heterocycles. The first-order chi connectivity index (χ1) is 5.76. The highest BCUT2D eigenvalue weighted by molar-refractivity contribution is 4.65. The molecule has 2 heteroatoms. The molecule has 74 valence electrons. The fraction of sp³-hybridized carbons (Fsp3) is 1.00. The summed E-state index contributed by atoms with van der Waals surface area (Å²) in [5.74, 6) is 0. The second-order valence-corrected chi connectivity index (χ2v) is 3.41. The minimum Gasteiger partial charge on any atom is -0.396 e. The van der Waals surface area contributed by atoms with Crippen molar-refractivity contribution in [3.8, 4) is 0 Å². The molecule has 0 aromatic rings. The normalized spacial score (nSPS) is 13.8. The SMILES string of the molecule is CCCC(CC)N(C)CCCO. The summed E-state index contributed by atoms with van der Waals surface area (Å²) >= 11 is 0. The molecule has 2 nitrogen and oxygen atoms in total. The summed E-state index contributed by atoms with van der Waals surface area (Å²) in [7, 11) is 2.15. The highest BCUT2D eigenvalue weighted by atomic mass is 16.3. The Kier molecular flexibility index (Phi) is 7.51. The molecule has 1 N–H and O–H groups in total. The zero-order valence-corrected chi connectivity index (χ0v) is 8.71. The van der Waals surface area contributed by atoms with Crippen LogP contribution < -0.4 is 0 Å². The van der Waals surface area contributed by atoms with Crippen LogP contribution in [0.25, 0.3) is 0 Å². The van der Waals surface area contributed by atoms with Gasteiger partial charge in [0.2, 0.25) is 0 Å². The molecule has 0 saturated carbocycles. The van der Waals surface area contributed by atoms with Crippen molar-refractivity contribution in [2.75, 3.05) is 20.2 Å². The average Bonchev–Trinajstić information content (AvgIpc) is 2.10. The van der Waals surface area contributed by atoms with E-state index in [4.69, 9.17) is 5.11 Å². The van der Waals surface area contributed by atoms with Crippen molar-refractivity contribution in [3.05, 3.63) is 0 Å². The van der Waals surface area contributed by atoms with Gasteiger partial charge in [-0.15, -0.1) is 0 Å². The Balaban J connectivity index is 3.60. The van der Waals surface area contributed by atoms with Crippen LogP contribution in [0.5, 0.6) is 0 Å². The van der Waals surface area contributed by atoms with Crippen molar-refractivity contribution in [2.24, 2.45) is 0 Å². The molecule has 0 spiro atoms. The molecule has 0 aromatic carbocycles. The number of aliphatic hydroxyl groups is 1. The molecule has 0 bridgehead atoms. The van der Waals surface area contributed by atoms with Crippen LogP contribution in [0.1, 0.15) is 39.5 Å². The van der Waals surface area contributed by atoms with Gasteiger partial charge in [-0.2, -0.15) is 0 Å². The predicted octanol–water partition coefficient (Wildman–Crippen LogP) is 1.88. The second kappa shape index (κ2) is 7.56. The Hall–Kier alpha value is -0.0800. The van der Waals surface area contributed by atoms with Gasteiger partial charge in [0.15, 0.2) is 0 Å². The highest BCUT2D eigenvalue weighted by Crippen LogP contribution is 2.08. The van der Waals surface area contributed by atoms with E-state index in [0.29, 0.717) is 12.6 Å². The van der Waals surface area contributed by atoms with Crippen LogP contribution in [-0.2, 0) is 0 Å². The summed E-state index contributed by atoms with van der Waals surface area (Å²) in [4.78, 5) is 2.36. The first-order valence-electron chi connectivity index (χ1n) is 5.07. The summed E-state index contributed by atoms with van der Waals surface area (Å²) in [5.41, 5.74) is 0. The molecule has 0 heterocycles. The lowest BCUT2D eigenvalue weighted by molar-refractivity contribution is 0.194. The Morgan fingerprint density at radius 2 is 2.00 bits per heavy atom. The Morgan fingerprint density at radius 3 is 2.42 bits per heavy atom. The van der Waals surface area contributed by atoms with Crippen LogP contribution in [0.3, 0.4) is 0 Å². The largest absolute Gasteiger partial charge is 0.396 e. The zero-order valence-electron chi connectivity index (χ0n) is 8.71. The fourth-order valence-corrected chi connectivity index (χ4v) is 1.57. The van der Waals surface area contributed by atoms with Crippen LogP contribution in [0, 0.1) is 0 Å². The van der Waals surface area contributed by atoms with E-state index in [1.807, 2.05) is 0 Å². The molecule has 1 atom stereocenters. The van der Waals surface area contributed by atoms with Crippen LogP contribution >= 0.6 is 0 Å². The van der Waals surface area contributed by atoms with E-state index in [9.17, 15) is 0 Å². The lowest BCUT2D eigenvalue weighted by atomic mass is 10.1. The van der Waals surface area contributed by atoms with E-state index in [0.717, 1.165) is 13.0 Å². The summed E-state index contributed by atoms with van der Waals surface area (Å²) in [6.45, 7) is 5.79. The molecular weight excluding hydrogens is 150 g/mol. The quantitative estimate of drug-likeness (QED) is 0.635. The molecule has 1 unspecified atom stereocenters. The number of hydrogen-bond acceptors (Lipinski definition) is 2. The lowest BCUT2D eigenvalue weighted by Crippen LogP contribution is -2.32. The first kappa shape index (κ1) is 11.9. The van der Waals surface area contributed by atoms with Crippen LogP contribution in [-0.4, -0.2) is 36.2 Å². The van der Waals surface area contributed by atoms with Crippen molar-refractivity contribution in [3.63, 3.8) is 0 Å². The van der Waals surface area contributed by atoms with E-state index < -0.39 is 0 Å². The maximum Gasteiger partial charge on any atom is 0.0443 e. The van der Waals surface area contributed by atoms with Gasteiger partial charge in [-0.3, -0.25) is 0 Å². The molecule has 0 rings (SSSR count). The smallest absolute Gasteiger partial charge is 0.0443 e. The van der Waals surface area contributed by atoms with Gasteiger partial charge in [0.1, 0.15) is 0 Å². The van der Waals surface area contributed by atoms with Gasteiger partial charge in [-0.05, 0) is 26.3 Å². The zero-order chi connectivity index (χ0) is 9.40. The second-order valence-electron chi connectivity index (χ2n) is 3.41. The third kappa shape index (κ3) is 4.73. The molecule has 0 amide bonds. The predicted molar refractivity (Wildman–Crippen MR) is 53.3 cm³/mol. The third-order valence-electron chi connectivity index (χ3n) is 2.39. The number of hydrogen-bond donors (Lipinski definition) is 1. The summed E-state index contributed by atoms with van der Waals surface area (Å²) in [5, 5.41) is 8.67. The Bertz CT molecular complexity index is 95.8. The van der Waals surface area contributed by atoms with Gasteiger partial charge in [-0.1, -0.05) is 20.3 Å². The van der Waals surface area contributed by atoms with Gasteiger partial charge in [0.05, 0.1) is 0 Å². The van der Waals surface area contributed by atoms with Crippen molar-refractivity contribution >= 4 is 0 Å². The van der Waals surface area contributed by atoms with Gasteiger partial charge < -0.3 is 10.0 Å². The van der Waals surface area contributed by atoms with Crippen LogP contribution in [0.2, 0.25) is 0 Å². The molecule has 0 radical (unpaired) electrons. The van der Waals surface area contributed by atoms with Gasteiger partial charge in [0, 0.05) is 19.2 Å². The average molecular weight is 173 g/mol. The molecule has 0 fully saturated rings. The molecule has 12 heavy (non-hydrogen) atoms. The number of rotatable bonds is 7. The Labute approximate surface area is 76.6 Å². The summed E-state index contributed by atoms with van der Waals surface area (Å²) in [6, 6.07) is 0.710. The standard InChI is InChI=1S/C10H23NO/c1-4-7-10(5-2)11(3)8-6-9-12/h10,12H,4-9H2,1-3H3. The molecule has 0 aliphatic rings.